The number of allylic oxidation sites excluding steroid dienone is 2. The molecule has 0 amide bonds. The van der Waals surface area contributed by atoms with Crippen molar-refractivity contribution in [2.45, 2.75) is 84.5 Å². The minimum atomic E-state index is 0.584. The van der Waals surface area contributed by atoms with E-state index in [-0.39, 0.29) is 0 Å². The molecule has 1 heteroatoms. The van der Waals surface area contributed by atoms with Crippen molar-refractivity contribution in [1.82, 2.24) is 5.32 Å². The Kier molecular flexibility index (Phi) is 7.81. The predicted molar refractivity (Wildman–Crippen MR) is 111 cm³/mol. The third-order valence-electron chi connectivity index (χ3n) is 5.74. The first-order valence-corrected chi connectivity index (χ1v) is 10.3. The molecule has 25 heavy (non-hydrogen) atoms. The van der Waals surface area contributed by atoms with Gasteiger partial charge >= 0.3 is 0 Å². The fourth-order valence-electron chi connectivity index (χ4n) is 4.21. The molecule has 0 radical (unpaired) electrons. The zero-order valence-electron chi connectivity index (χ0n) is 16.7. The van der Waals surface area contributed by atoms with Gasteiger partial charge in [-0.15, -0.1) is 0 Å². The van der Waals surface area contributed by atoms with E-state index in [1.54, 1.807) is 11.1 Å². The maximum Gasteiger partial charge on any atom is 0.0107 e. The number of benzene rings is 1. The van der Waals surface area contributed by atoms with Crippen molar-refractivity contribution in [3.63, 3.8) is 0 Å². The Morgan fingerprint density at radius 1 is 1.08 bits per heavy atom. The molecule has 1 aromatic rings. The van der Waals surface area contributed by atoms with E-state index in [0.29, 0.717) is 5.92 Å². The van der Waals surface area contributed by atoms with Crippen LogP contribution in [0.5, 0.6) is 0 Å². The molecule has 0 bridgehead atoms. The second kappa shape index (κ2) is 9.85. The highest BCUT2D eigenvalue weighted by Gasteiger charge is 2.19. The van der Waals surface area contributed by atoms with Gasteiger partial charge in [-0.25, -0.2) is 0 Å². The molecule has 1 aromatic carbocycles. The molecule has 1 aliphatic heterocycles. The molecule has 0 aromatic heterocycles. The maximum absolute atomic E-state index is 4.22. The summed E-state index contributed by atoms with van der Waals surface area (Å²) in [5.74, 6) is 1.32. The van der Waals surface area contributed by atoms with Crippen LogP contribution in [0.3, 0.4) is 0 Å². The van der Waals surface area contributed by atoms with Crippen LogP contribution in [0.25, 0.3) is 0 Å². The van der Waals surface area contributed by atoms with Crippen LogP contribution in [0.4, 0.5) is 0 Å². The van der Waals surface area contributed by atoms with Crippen molar-refractivity contribution in [1.29, 1.82) is 0 Å². The van der Waals surface area contributed by atoms with Gasteiger partial charge in [0.1, 0.15) is 0 Å². The van der Waals surface area contributed by atoms with Gasteiger partial charge in [0.2, 0.25) is 0 Å². The summed E-state index contributed by atoms with van der Waals surface area (Å²) in [6.45, 7) is 15.1. The van der Waals surface area contributed by atoms with Crippen LogP contribution in [-0.4, -0.2) is 0 Å². The van der Waals surface area contributed by atoms with Crippen molar-refractivity contribution in [3.8, 4) is 0 Å². The van der Waals surface area contributed by atoms with Crippen molar-refractivity contribution >= 4 is 0 Å². The Labute approximate surface area is 155 Å². The number of hydrogen-bond donors (Lipinski definition) is 1. The lowest BCUT2D eigenvalue weighted by Gasteiger charge is -2.28. The normalized spacial score (nSPS) is 17.8. The maximum atomic E-state index is 4.22. The van der Waals surface area contributed by atoms with Crippen LogP contribution in [-0.2, 0) is 12.8 Å². The van der Waals surface area contributed by atoms with Gasteiger partial charge in [-0.05, 0) is 73.5 Å². The van der Waals surface area contributed by atoms with Gasteiger partial charge in [0.25, 0.3) is 0 Å². The van der Waals surface area contributed by atoms with E-state index in [4.69, 9.17) is 0 Å². The summed E-state index contributed by atoms with van der Waals surface area (Å²) >= 11 is 0. The van der Waals surface area contributed by atoms with Crippen LogP contribution < -0.4 is 5.32 Å². The molecule has 1 N–H and O–H groups in total. The summed E-state index contributed by atoms with van der Waals surface area (Å²) in [6.07, 6.45) is 10.9. The molecule has 138 valence electrons. The van der Waals surface area contributed by atoms with Crippen molar-refractivity contribution in [3.05, 3.63) is 59.4 Å². The van der Waals surface area contributed by atoms with Gasteiger partial charge < -0.3 is 5.32 Å². The van der Waals surface area contributed by atoms with Crippen molar-refractivity contribution in [2.24, 2.45) is 5.92 Å². The topological polar surface area (TPSA) is 12.0 Å². The number of piperidine rings is 1. The molecule has 1 fully saturated rings. The molecular weight excluding hydrogens is 302 g/mol. The molecule has 1 aliphatic rings. The third-order valence-corrected chi connectivity index (χ3v) is 5.74. The highest BCUT2D eigenvalue weighted by atomic mass is 14.9. The van der Waals surface area contributed by atoms with E-state index >= 15 is 0 Å². The van der Waals surface area contributed by atoms with Gasteiger partial charge in [-0.1, -0.05) is 65.0 Å². The van der Waals surface area contributed by atoms with E-state index < -0.39 is 0 Å². The standard InChI is InChI=1S/C24H37N/c1-6-9-22(10-7-2)24-15-13-20(8-3)23(17-24)16-14-21-12-11-18(4)25-19(21)5/h13,15,17,21-22,25H,4-12,14,16H2,1-3H3. The highest BCUT2D eigenvalue weighted by molar-refractivity contribution is 5.34. The summed E-state index contributed by atoms with van der Waals surface area (Å²) in [4.78, 5) is 0. The lowest BCUT2D eigenvalue weighted by atomic mass is 9.85. The zero-order valence-corrected chi connectivity index (χ0v) is 16.7. The first-order chi connectivity index (χ1) is 12.1. The first-order valence-electron chi connectivity index (χ1n) is 10.3. The molecule has 0 spiro atoms. The van der Waals surface area contributed by atoms with Crippen LogP contribution in [0, 0.1) is 5.92 Å². The Balaban J connectivity index is 2.11. The summed E-state index contributed by atoms with van der Waals surface area (Å²) < 4.78 is 0. The minimum absolute atomic E-state index is 0.584. The van der Waals surface area contributed by atoms with E-state index in [1.807, 2.05) is 0 Å². The molecule has 0 aliphatic carbocycles. The zero-order chi connectivity index (χ0) is 18.2. The SMILES string of the molecule is C=C1CCC(CCc2cc(C(CCC)CCC)ccc2CC)C(=C)N1. The first kappa shape index (κ1) is 19.8. The summed E-state index contributed by atoms with van der Waals surface area (Å²) in [5, 5.41) is 3.37. The summed E-state index contributed by atoms with van der Waals surface area (Å²) in [5.41, 5.74) is 6.94. The molecule has 1 heterocycles. The Morgan fingerprint density at radius 3 is 2.40 bits per heavy atom. The third kappa shape index (κ3) is 5.49. The number of rotatable bonds is 9. The van der Waals surface area contributed by atoms with Gasteiger partial charge in [-0.3, -0.25) is 0 Å². The highest BCUT2D eigenvalue weighted by Crippen LogP contribution is 2.31. The number of hydrogen-bond acceptors (Lipinski definition) is 1. The van der Waals surface area contributed by atoms with Crippen molar-refractivity contribution < 1.29 is 0 Å². The fraction of sp³-hybridized carbons (Fsp3) is 0.583. The predicted octanol–water partition coefficient (Wildman–Crippen LogP) is 6.89. The van der Waals surface area contributed by atoms with Crippen LogP contribution in [0.15, 0.2) is 42.8 Å². The fourth-order valence-corrected chi connectivity index (χ4v) is 4.21. The van der Waals surface area contributed by atoms with E-state index in [2.05, 4.69) is 57.4 Å². The van der Waals surface area contributed by atoms with Gasteiger partial charge in [0.15, 0.2) is 0 Å². The Bertz CT molecular complexity index is 578. The molecule has 1 atom stereocenters. The number of nitrogens with one attached hydrogen (secondary N) is 1. The molecular formula is C24H37N. The van der Waals surface area contributed by atoms with Crippen LogP contribution in [0.2, 0.25) is 0 Å². The lowest BCUT2D eigenvalue weighted by Crippen LogP contribution is -2.25. The molecule has 0 saturated carbocycles. The summed E-state index contributed by atoms with van der Waals surface area (Å²) in [7, 11) is 0. The molecule has 1 unspecified atom stereocenters. The van der Waals surface area contributed by atoms with E-state index in [1.165, 1.54) is 56.2 Å². The smallest absolute Gasteiger partial charge is 0.0107 e. The average molecular weight is 340 g/mol. The monoisotopic (exact) mass is 339 g/mol. The minimum Gasteiger partial charge on any atom is -0.363 e. The van der Waals surface area contributed by atoms with E-state index in [0.717, 1.165) is 24.5 Å². The van der Waals surface area contributed by atoms with Gasteiger partial charge in [0.05, 0.1) is 0 Å². The Morgan fingerprint density at radius 2 is 1.80 bits per heavy atom. The Hall–Kier alpha value is -1.50. The lowest BCUT2D eigenvalue weighted by molar-refractivity contribution is 0.455. The second-order valence-corrected chi connectivity index (χ2v) is 7.68. The van der Waals surface area contributed by atoms with E-state index in [9.17, 15) is 0 Å². The summed E-state index contributed by atoms with van der Waals surface area (Å²) in [6, 6.07) is 7.30. The molecule has 2 rings (SSSR count). The largest absolute Gasteiger partial charge is 0.363 e. The quantitative estimate of drug-likeness (QED) is 0.516. The molecule has 1 nitrogen and oxygen atoms in total. The van der Waals surface area contributed by atoms with Crippen LogP contribution in [0.1, 0.15) is 88.3 Å². The van der Waals surface area contributed by atoms with Gasteiger partial charge in [-0.2, -0.15) is 0 Å². The van der Waals surface area contributed by atoms with Crippen LogP contribution >= 0.6 is 0 Å². The average Bonchev–Trinajstić information content (AvgIpc) is 2.60. The molecule has 1 saturated heterocycles. The van der Waals surface area contributed by atoms with Gasteiger partial charge in [0, 0.05) is 11.4 Å². The van der Waals surface area contributed by atoms with Crippen molar-refractivity contribution in [2.75, 3.05) is 0 Å². The second-order valence-electron chi connectivity index (χ2n) is 7.68. The number of aryl methyl sites for hydroxylation is 2.